The van der Waals surface area contributed by atoms with Gasteiger partial charge in [0.2, 0.25) is 5.91 Å². The zero-order chi connectivity index (χ0) is 22.1. The van der Waals surface area contributed by atoms with Crippen LogP contribution in [0.2, 0.25) is 0 Å². The normalized spacial score (nSPS) is 12.7. The molecular weight excluding hydrogens is 400 g/mol. The summed E-state index contributed by atoms with van der Waals surface area (Å²) in [5, 5.41) is 5.09. The molecule has 2 amide bonds. The Labute approximate surface area is 171 Å². The van der Waals surface area contributed by atoms with Gasteiger partial charge in [0, 0.05) is 13.5 Å². The van der Waals surface area contributed by atoms with Gasteiger partial charge in [0.05, 0.1) is 12.4 Å². The lowest BCUT2D eigenvalue weighted by Gasteiger charge is -2.23. The summed E-state index contributed by atoms with van der Waals surface area (Å²) in [6, 6.07) is 6.22. The van der Waals surface area contributed by atoms with Crippen LogP contribution < -0.4 is 15.4 Å². The van der Waals surface area contributed by atoms with Crippen LogP contribution in [-0.2, 0) is 26.1 Å². The van der Waals surface area contributed by atoms with Crippen LogP contribution in [-0.4, -0.2) is 56.0 Å². The first-order valence-electron chi connectivity index (χ1n) is 9.27. The largest absolute Gasteiger partial charge is 0.494 e. The minimum Gasteiger partial charge on any atom is -0.494 e. The number of carbonyl (C=O) groups is 2. The van der Waals surface area contributed by atoms with E-state index in [9.17, 15) is 18.0 Å². The second-order valence-electron chi connectivity index (χ2n) is 7.50. The van der Waals surface area contributed by atoms with Crippen LogP contribution in [0.3, 0.4) is 0 Å². The smallest absolute Gasteiger partial charge is 0.408 e. The van der Waals surface area contributed by atoms with Crippen molar-refractivity contribution in [2.75, 3.05) is 19.4 Å². The summed E-state index contributed by atoms with van der Waals surface area (Å²) in [6.45, 7) is 5.53. The van der Waals surface area contributed by atoms with Crippen LogP contribution in [0, 0.1) is 0 Å². The number of ether oxygens (including phenoxy) is 2. The lowest BCUT2D eigenvalue weighted by molar-refractivity contribution is -0.122. The minimum atomic E-state index is -3.94. The lowest BCUT2D eigenvalue weighted by atomic mass is 10.1. The highest BCUT2D eigenvalue weighted by Gasteiger charge is 2.24. The molecule has 1 atom stereocenters. The molecule has 10 heteroatoms. The molecular formula is C19H30N2O7S. The van der Waals surface area contributed by atoms with E-state index in [1.807, 2.05) is 0 Å². The van der Waals surface area contributed by atoms with Crippen molar-refractivity contribution in [3.8, 4) is 5.75 Å². The van der Waals surface area contributed by atoms with E-state index < -0.39 is 27.9 Å². The number of amides is 2. The van der Waals surface area contributed by atoms with Gasteiger partial charge < -0.3 is 20.1 Å². The first-order valence-corrected chi connectivity index (χ1v) is 10.9. The number of hydrogen-bond acceptors (Lipinski definition) is 6. The molecule has 9 nitrogen and oxygen atoms in total. The van der Waals surface area contributed by atoms with E-state index in [1.54, 1.807) is 45.0 Å². The van der Waals surface area contributed by atoms with Crippen molar-refractivity contribution in [3.63, 3.8) is 0 Å². The average Bonchev–Trinajstić information content (AvgIpc) is 2.59. The molecule has 0 aliphatic carbocycles. The van der Waals surface area contributed by atoms with Crippen molar-refractivity contribution < 1.29 is 32.0 Å². The zero-order valence-corrected chi connectivity index (χ0v) is 18.0. The van der Waals surface area contributed by atoms with Crippen molar-refractivity contribution >= 4 is 22.1 Å². The molecule has 0 radical (unpaired) electrons. The van der Waals surface area contributed by atoms with Gasteiger partial charge >= 0.3 is 6.09 Å². The third-order valence-electron chi connectivity index (χ3n) is 3.68. The molecule has 0 aliphatic rings. The zero-order valence-electron chi connectivity index (χ0n) is 17.2. The van der Waals surface area contributed by atoms with Crippen LogP contribution in [0.25, 0.3) is 0 Å². The molecule has 1 aromatic carbocycles. The minimum absolute atomic E-state index is 0.271. The van der Waals surface area contributed by atoms with Crippen molar-refractivity contribution in [2.24, 2.45) is 0 Å². The summed E-state index contributed by atoms with van der Waals surface area (Å²) in [6.07, 6.45) is 0.394. The second kappa shape index (κ2) is 11.0. The lowest BCUT2D eigenvalue weighted by Crippen LogP contribution is -2.48. The number of hydrogen-bond donors (Lipinski definition) is 3. The van der Waals surface area contributed by atoms with E-state index in [0.29, 0.717) is 25.2 Å². The van der Waals surface area contributed by atoms with E-state index in [2.05, 4.69) is 10.6 Å². The number of benzene rings is 1. The molecule has 3 N–H and O–H groups in total. The van der Waals surface area contributed by atoms with Gasteiger partial charge in [-0.1, -0.05) is 12.1 Å². The van der Waals surface area contributed by atoms with Crippen LogP contribution in [0.15, 0.2) is 24.3 Å². The van der Waals surface area contributed by atoms with Crippen LogP contribution >= 0.6 is 0 Å². The van der Waals surface area contributed by atoms with E-state index in [1.165, 1.54) is 7.05 Å². The van der Waals surface area contributed by atoms with Gasteiger partial charge in [-0.25, -0.2) is 4.79 Å². The van der Waals surface area contributed by atoms with Gasteiger partial charge in [-0.3, -0.25) is 9.35 Å². The van der Waals surface area contributed by atoms with Gasteiger partial charge in [0.15, 0.2) is 0 Å². The van der Waals surface area contributed by atoms with Crippen LogP contribution in [0.4, 0.5) is 4.79 Å². The van der Waals surface area contributed by atoms with Crippen LogP contribution in [0.5, 0.6) is 5.75 Å². The van der Waals surface area contributed by atoms with Crippen molar-refractivity contribution in [1.82, 2.24) is 10.6 Å². The summed E-state index contributed by atoms with van der Waals surface area (Å²) in [5.74, 6) is -0.0342. The van der Waals surface area contributed by atoms with E-state index in [0.717, 1.165) is 5.56 Å². The summed E-state index contributed by atoms with van der Waals surface area (Å²) in [5.41, 5.74) is 0.144. The summed E-state index contributed by atoms with van der Waals surface area (Å²) < 4.78 is 40.7. The Hall–Kier alpha value is -2.33. The number of unbranched alkanes of at least 4 members (excludes halogenated alkanes) is 1. The Morgan fingerprint density at radius 2 is 1.76 bits per heavy atom. The number of carbonyl (C=O) groups excluding carboxylic acids is 2. The van der Waals surface area contributed by atoms with Gasteiger partial charge in [-0.15, -0.1) is 0 Å². The Bertz CT molecular complexity index is 771. The molecule has 1 rings (SSSR count). The topological polar surface area (TPSA) is 131 Å². The Morgan fingerprint density at radius 3 is 2.28 bits per heavy atom. The molecule has 164 valence electrons. The molecule has 0 aliphatic heterocycles. The summed E-state index contributed by atoms with van der Waals surface area (Å²) in [4.78, 5) is 24.1. The highest BCUT2D eigenvalue weighted by atomic mass is 32.2. The van der Waals surface area contributed by atoms with Gasteiger partial charge in [-0.2, -0.15) is 8.42 Å². The second-order valence-corrected chi connectivity index (χ2v) is 9.07. The monoisotopic (exact) mass is 430 g/mol. The predicted octanol–water partition coefficient (Wildman–Crippen LogP) is 1.92. The number of nitrogens with one attached hydrogen (secondary N) is 2. The fourth-order valence-corrected chi connectivity index (χ4v) is 2.94. The molecule has 0 fully saturated rings. The highest BCUT2D eigenvalue weighted by Crippen LogP contribution is 2.15. The number of likely N-dealkylation sites (N-methyl/N-ethyl adjacent to an activating group) is 1. The van der Waals surface area contributed by atoms with E-state index >= 15 is 0 Å². The molecule has 0 saturated carbocycles. The predicted molar refractivity (Wildman–Crippen MR) is 109 cm³/mol. The Morgan fingerprint density at radius 1 is 1.14 bits per heavy atom. The van der Waals surface area contributed by atoms with Gasteiger partial charge in [0.25, 0.3) is 10.1 Å². The van der Waals surface area contributed by atoms with Crippen molar-refractivity contribution in [2.45, 2.75) is 51.7 Å². The quantitative estimate of drug-likeness (QED) is 0.382. The average molecular weight is 431 g/mol. The number of rotatable bonds is 10. The molecule has 1 aromatic rings. The number of alkyl carbamates (subject to hydrolysis) is 1. The molecule has 0 spiro atoms. The maximum absolute atomic E-state index is 12.1. The van der Waals surface area contributed by atoms with Gasteiger partial charge in [0.1, 0.15) is 17.4 Å². The molecule has 0 saturated heterocycles. The summed E-state index contributed by atoms with van der Waals surface area (Å²) >= 11 is 0. The maximum Gasteiger partial charge on any atom is 0.408 e. The van der Waals surface area contributed by atoms with Gasteiger partial charge in [-0.05, 0) is 51.3 Å². The fourth-order valence-electron chi connectivity index (χ4n) is 2.37. The van der Waals surface area contributed by atoms with E-state index in [4.69, 9.17) is 14.0 Å². The fraction of sp³-hybridized carbons (Fsp3) is 0.579. The standard InChI is InChI=1S/C19H30N2O7S/c1-19(2,3)28-18(23)21-16(17(22)20-4)13-14-7-9-15(10-8-14)27-11-5-6-12-29(24,25)26/h7-10,16H,5-6,11-13H2,1-4H3,(H,20,22)(H,21,23)(H,24,25,26)/t16-/m0/s1. The first kappa shape index (κ1) is 24.7. The molecule has 0 bridgehead atoms. The van der Waals surface area contributed by atoms with Crippen LogP contribution in [0.1, 0.15) is 39.2 Å². The molecule has 0 aromatic heterocycles. The SMILES string of the molecule is CNC(=O)[C@H](Cc1ccc(OCCCCS(=O)(=O)O)cc1)NC(=O)OC(C)(C)C. The molecule has 29 heavy (non-hydrogen) atoms. The maximum atomic E-state index is 12.1. The summed E-state index contributed by atoms with van der Waals surface area (Å²) in [7, 11) is -2.45. The van der Waals surface area contributed by atoms with E-state index in [-0.39, 0.29) is 18.1 Å². The Kier molecular flexibility index (Phi) is 9.38. The molecule has 0 heterocycles. The third-order valence-corrected chi connectivity index (χ3v) is 4.49. The first-order chi connectivity index (χ1) is 13.4. The van der Waals surface area contributed by atoms with Crippen molar-refractivity contribution in [3.05, 3.63) is 29.8 Å². The Balaban J connectivity index is 2.58. The highest BCUT2D eigenvalue weighted by molar-refractivity contribution is 7.85. The third kappa shape index (κ3) is 11.3. The molecule has 0 unspecified atom stereocenters. The van der Waals surface area contributed by atoms with Crippen molar-refractivity contribution in [1.29, 1.82) is 0 Å².